The summed E-state index contributed by atoms with van der Waals surface area (Å²) in [5.74, 6) is -0.550. The van der Waals surface area contributed by atoms with E-state index in [1.165, 1.54) is 7.11 Å². The Labute approximate surface area is 138 Å². The van der Waals surface area contributed by atoms with Crippen molar-refractivity contribution in [2.24, 2.45) is 0 Å². The number of methoxy groups -OCH3 is 1. The largest absolute Gasteiger partial charge is 0.465 e. The molecule has 24 heavy (non-hydrogen) atoms. The number of fused-ring (bicyclic) bond motifs is 1. The van der Waals surface area contributed by atoms with E-state index in [1.54, 1.807) is 28.9 Å². The van der Waals surface area contributed by atoms with Crippen LogP contribution in [-0.2, 0) is 16.1 Å². The molecule has 0 bridgehead atoms. The summed E-state index contributed by atoms with van der Waals surface area (Å²) in [5.41, 5.74) is 2.75. The highest BCUT2D eigenvalue weighted by molar-refractivity contribution is 5.93. The van der Waals surface area contributed by atoms with Crippen molar-refractivity contribution < 1.29 is 14.3 Å². The summed E-state index contributed by atoms with van der Waals surface area (Å²) < 4.78 is 6.33. The second kappa shape index (κ2) is 6.91. The van der Waals surface area contributed by atoms with Crippen LogP contribution >= 0.6 is 0 Å². The maximum atomic E-state index is 12.1. The van der Waals surface area contributed by atoms with Crippen molar-refractivity contribution in [1.82, 2.24) is 15.0 Å². The molecule has 0 unspecified atom stereocenters. The zero-order chi connectivity index (χ0) is 16.9. The molecule has 7 heteroatoms. The molecular formula is C17H16N4O3. The lowest BCUT2D eigenvalue weighted by Crippen LogP contribution is -2.15. The number of amides is 1. The second-order valence-corrected chi connectivity index (χ2v) is 5.17. The lowest BCUT2D eigenvalue weighted by Gasteiger charge is -2.06. The standard InChI is InChI=1S/C17H16N4O3/c1-24-17(23)12-6-8-13(9-7-12)18-16(22)10-11-21-15-5-3-2-4-14(15)19-20-21/h2-9H,10-11H2,1H3,(H,18,22). The summed E-state index contributed by atoms with van der Waals surface area (Å²) in [6.07, 6.45) is 0.270. The fourth-order valence-corrected chi connectivity index (χ4v) is 2.32. The van der Waals surface area contributed by atoms with Gasteiger partial charge in [-0.05, 0) is 36.4 Å². The van der Waals surface area contributed by atoms with Gasteiger partial charge in [0.25, 0.3) is 0 Å². The number of esters is 1. The van der Waals surface area contributed by atoms with Gasteiger partial charge in [-0.3, -0.25) is 4.79 Å². The number of benzene rings is 2. The molecule has 7 nitrogen and oxygen atoms in total. The van der Waals surface area contributed by atoms with Gasteiger partial charge in [-0.2, -0.15) is 0 Å². The van der Waals surface area contributed by atoms with Crippen molar-refractivity contribution in [2.75, 3.05) is 12.4 Å². The number of hydrogen-bond donors (Lipinski definition) is 1. The summed E-state index contributed by atoms with van der Waals surface area (Å²) in [5, 5.41) is 10.9. The number of nitrogens with one attached hydrogen (secondary N) is 1. The minimum atomic E-state index is -0.411. The Balaban J connectivity index is 1.58. The Hall–Kier alpha value is -3.22. The molecular weight excluding hydrogens is 308 g/mol. The minimum absolute atomic E-state index is 0.139. The highest BCUT2D eigenvalue weighted by Gasteiger charge is 2.08. The van der Waals surface area contributed by atoms with Crippen LogP contribution in [0.3, 0.4) is 0 Å². The van der Waals surface area contributed by atoms with E-state index >= 15 is 0 Å². The van der Waals surface area contributed by atoms with Gasteiger partial charge in [0.2, 0.25) is 5.91 Å². The molecule has 0 atom stereocenters. The molecule has 2 aromatic carbocycles. The van der Waals surface area contributed by atoms with E-state index in [0.717, 1.165) is 11.0 Å². The summed E-state index contributed by atoms with van der Waals surface area (Å²) in [4.78, 5) is 23.4. The number of aromatic nitrogens is 3. The second-order valence-electron chi connectivity index (χ2n) is 5.17. The van der Waals surface area contributed by atoms with Crippen LogP contribution in [0, 0.1) is 0 Å². The van der Waals surface area contributed by atoms with Gasteiger partial charge >= 0.3 is 5.97 Å². The van der Waals surface area contributed by atoms with Crippen molar-refractivity contribution in [3.8, 4) is 0 Å². The maximum Gasteiger partial charge on any atom is 0.337 e. The van der Waals surface area contributed by atoms with Crippen LogP contribution < -0.4 is 5.32 Å². The van der Waals surface area contributed by atoms with Gasteiger partial charge in [0.15, 0.2) is 0 Å². The van der Waals surface area contributed by atoms with Gasteiger partial charge in [-0.1, -0.05) is 17.3 Å². The lowest BCUT2D eigenvalue weighted by molar-refractivity contribution is -0.116. The Morgan fingerprint density at radius 3 is 2.62 bits per heavy atom. The van der Waals surface area contributed by atoms with Gasteiger partial charge in [-0.25, -0.2) is 9.48 Å². The molecule has 3 aromatic rings. The molecule has 0 spiro atoms. The number of carbonyl (C=O) groups excluding carboxylic acids is 2. The van der Waals surface area contributed by atoms with Gasteiger partial charge in [0.05, 0.1) is 24.7 Å². The van der Waals surface area contributed by atoms with Crippen LogP contribution in [0.4, 0.5) is 5.69 Å². The van der Waals surface area contributed by atoms with E-state index in [-0.39, 0.29) is 12.3 Å². The maximum absolute atomic E-state index is 12.1. The lowest BCUT2D eigenvalue weighted by atomic mass is 10.2. The quantitative estimate of drug-likeness (QED) is 0.727. The molecule has 0 aliphatic rings. The first-order valence-corrected chi connectivity index (χ1v) is 7.44. The van der Waals surface area contributed by atoms with E-state index in [1.807, 2.05) is 24.3 Å². The van der Waals surface area contributed by atoms with Crippen LogP contribution in [0.2, 0.25) is 0 Å². The number of rotatable bonds is 5. The molecule has 122 valence electrons. The zero-order valence-corrected chi connectivity index (χ0v) is 13.1. The number of nitrogens with zero attached hydrogens (tertiary/aromatic N) is 3. The van der Waals surface area contributed by atoms with Crippen LogP contribution in [0.15, 0.2) is 48.5 Å². The molecule has 1 N–H and O–H groups in total. The molecule has 3 rings (SSSR count). The summed E-state index contributed by atoms with van der Waals surface area (Å²) in [6.45, 7) is 0.437. The van der Waals surface area contributed by atoms with E-state index in [0.29, 0.717) is 17.8 Å². The normalized spacial score (nSPS) is 10.5. The Morgan fingerprint density at radius 2 is 1.88 bits per heavy atom. The molecule has 0 radical (unpaired) electrons. The number of carbonyl (C=O) groups is 2. The third kappa shape index (κ3) is 3.40. The summed E-state index contributed by atoms with van der Waals surface area (Å²) in [6, 6.07) is 14.1. The Morgan fingerprint density at radius 1 is 1.12 bits per heavy atom. The molecule has 0 aliphatic carbocycles. The third-order valence-corrected chi connectivity index (χ3v) is 3.56. The molecule has 1 amide bonds. The monoisotopic (exact) mass is 324 g/mol. The SMILES string of the molecule is COC(=O)c1ccc(NC(=O)CCn2nnc3ccccc32)cc1. The van der Waals surface area contributed by atoms with Crippen molar-refractivity contribution in [1.29, 1.82) is 0 Å². The van der Waals surface area contributed by atoms with E-state index in [9.17, 15) is 9.59 Å². The average molecular weight is 324 g/mol. The van der Waals surface area contributed by atoms with Crippen LogP contribution in [0.25, 0.3) is 11.0 Å². The van der Waals surface area contributed by atoms with Gasteiger partial charge in [-0.15, -0.1) is 5.10 Å². The predicted molar refractivity (Wildman–Crippen MR) is 88.6 cm³/mol. The van der Waals surface area contributed by atoms with Gasteiger partial charge in [0.1, 0.15) is 5.52 Å². The topological polar surface area (TPSA) is 86.1 Å². The summed E-state index contributed by atoms with van der Waals surface area (Å²) >= 11 is 0. The number of ether oxygens (including phenoxy) is 1. The van der Waals surface area contributed by atoms with Crippen molar-refractivity contribution in [3.05, 3.63) is 54.1 Å². The molecule has 1 heterocycles. The number of para-hydroxylation sites is 1. The van der Waals surface area contributed by atoms with Crippen LogP contribution in [-0.4, -0.2) is 34.0 Å². The number of hydrogen-bond acceptors (Lipinski definition) is 5. The first kappa shape index (κ1) is 15.7. The summed E-state index contributed by atoms with van der Waals surface area (Å²) in [7, 11) is 1.33. The first-order chi connectivity index (χ1) is 11.7. The number of aryl methyl sites for hydroxylation is 1. The number of anilines is 1. The molecule has 0 saturated carbocycles. The Bertz CT molecular complexity index is 871. The minimum Gasteiger partial charge on any atom is -0.465 e. The van der Waals surface area contributed by atoms with E-state index in [2.05, 4.69) is 20.4 Å². The third-order valence-electron chi connectivity index (χ3n) is 3.56. The van der Waals surface area contributed by atoms with E-state index < -0.39 is 5.97 Å². The fraction of sp³-hybridized carbons (Fsp3) is 0.176. The van der Waals surface area contributed by atoms with Crippen LogP contribution in [0.1, 0.15) is 16.8 Å². The zero-order valence-electron chi connectivity index (χ0n) is 13.1. The highest BCUT2D eigenvalue weighted by atomic mass is 16.5. The molecule has 0 saturated heterocycles. The van der Waals surface area contributed by atoms with Crippen LogP contribution in [0.5, 0.6) is 0 Å². The predicted octanol–water partition coefficient (Wildman–Crippen LogP) is 2.25. The van der Waals surface area contributed by atoms with E-state index in [4.69, 9.17) is 0 Å². The highest BCUT2D eigenvalue weighted by Crippen LogP contribution is 2.12. The first-order valence-electron chi connectivity index (χ1n) is 7.44. The molecule has 0 fully saturated rings. The van der Waals surface area contributed by atoms with Crippen molar-refractivity contribution in [3.63, 3.8) is 0 Å². The van der Waals surface area contributed by atoms with Gasteiger partial charge in [0, 0.05) is 12.1 Å². The fourth-order valence-electron chi connectivity index (χ4n) is 2.32. The van der Waals surface area contributed by atoms with Crippen molar-refractivity contribution >= 4 is 28.6 Å². The smallest absolute Gasteiger partial charge is 0.337 e. The van der Waals surface area contributed by atoms with Gasteiger partial charge < -0.3 is 10.1 Å². The Kier molecular flexibility index (Phi) is 4.51. The molecule has 1 aromatic heterocycles. The van der Waals surface area contributed by atoms with Crippen molar-refractivity contribution in [2.45, 2.75) is 13.0 Å². The molecule has 0 aliphatic heterocycles. The average Bonchev–Trinajstić information content (AvgIpc) is 3.03.